The predicted molar refractivity (Wildman–Crippen MR) is 101 cm³/mol. The zero-order valence-corrected chi connectivity index (χ0v) is 15.2. The number of hydrogen-bond donors (Lipinski definition) is 2. The van der Waals surface area contributed by atoms with E-state index in [1.807, 2.05) is 37.3 Å². The lowest BCUT2D eigenvalue weighted by Gasteiger charge is -2.15. The van der Waals surface area contributed by atoms with Crippen molar-refractivity contribution in [1.82, 2.24) is 5.32 Å². The topological polar surface area (TPSA) is 59.6 Å². The summed E-state index contributed by atoms with van der Waals surface area (Å²) in [4.78, 5) is 12.0. The first-order valence-corrected chi connectivity index (χ1v) is 8.64. The van der Waals surface area contributed by atoms with E-state index in [-0.39, 0.29) is 12.1 Å². The van der Waals surface area contributed by atoms with Gasteiger partial charge in [-0.3, -0.25) is 0 Å². The lowest BCUT2D eigenvalue weighted by molar-refractivity contribution is 0.249. The van der Waals surface area contributed by atoms with E-state index in [0.29, 0.717) is 36.1 Å². The molecular weight excluding hydrogens is 340 g/mol. The second-order valence-corrected chi connectivity index (χ2v) is 6.00. The third kappa shape index (κ3) is 6.19. The Kier molecular flexibility index (Phi) is 7.41. The van der Waals surface area contributed by atoms with Gasteiger partial charge in [0.1, 0.15) is 6.61 Å². The second-order valence-electron chi connectivity index (χ2n) is 5.62. The van der Waals surface area contributed by atoms with Crippen molar-refractivity contribution in [1.29, 1.82) is 0 Å². The molecule has 0 bridgehead atoms. The Balaban J connectivity index is 2.01. The molecule has 0 saturated heterocycles. The molecule has 2 amide bonds. The van der Waals surface area contributed by atoms with Crippen molar-refractivity contribution in [2.24, 2.45) is 0 Å². The largest absolute Gasteiger partial charge is 0.493 e. The van der Waals surface area contributed by atoms with E-state index in [2.05, 4.69) is 10.6 Å². The number of methoxy groups -OCH3 is 1. The van der Waals surface area contributed by atoms with Gasteiger partial charge in [0, 0.05) is 23.7 Å². The summed E-state index contributed by atoms with van der Waals surface area (Å²) >= 11 is 5.68. The summed E-state index contributed by atoms with van der Waals surface area (Å²) in [5, 5.41) is 5.62. The molecule has 0 aliphatic carbocycles. The molecule has 2 rings (SSSR count). The molecule has 1 unspecified atom stereocenters. The fourth-order valence-electron chi connectivity index (χ4n) is 2.23. The summed E-state index contributed by atoms with van der Waals surface area (Å²) in [6.45, 7) is 2.32. The second kappa shape index (κ2) is 9.79. The van der Waals surface area contributed by atoms with Gasteiger partial charge in [-0.25, -0.2) is 4.79 Å². The van der Waals surface area contributed by atoms with Crippen LogP contribution in [0.5, 0.6) is 11.5 Å². The zero-order valence-electron chi connectivity index (χ0n) is 14.4. The highest BCUT2D eigenvalue weighted by atomic mass is 35.5. The monoisotopic (exact) mass is 362 g/mol. The van der Waals surface area contributed by atoms with Crippen molar-refractivity contribution in [3.63, 3.8) is 0 Å². The van der Waals surface area contributed by atoms with E-state index in [1.165, 1.54) is 0 Å². The third-order valence-corrected chi connectivity index (χ3v) is 3.80. The first-order chi connectivity index (χ1) is 12.1. The summed E-state index contributed by atoms with van der Waals surface area (Å²) in [6.07, 6.45) is 0.711. The van der Waals surface area contributed by atoms with Gasteiger partial charge >= 0.3 is 6.03 Å². The summed E-state index contributed by atoms with van der Waals surface area (Å²) in [5.74, 6) is 1.68. The minimum atomic E-state index is -0.281. The number of amides is 2. The highest BCUT2D eigenvalue weighted by Gasteiger charge is 2.10. The normalized spacial score (nSPS) is 11.5. The Bertz CT molecular complexity index is 680. The molecular formula is C19H23ClN2O3. The van der Waals surface area contributed by atoms with Crippen LogP contribution in [0.15, 0.2) is 48.5 Å². The number of urea groups is 1. The van der Waals surface area contributed by atoms with Crippen LogP contribution in [-0.2, 0) is 6.61 Å². The van der Waals surface area contributed by atoms with Gasteiger partial charge in [0.05, 0.1) is 7.11 Å². The van der Waals surface area contributed by atoms with Crippen LogP contribution in [0.1, 0.15) is 18.9 Å². The van der Waals surface area contributed by atoms with E-state index in [1.54, 1.807) is 25.3 Å². The number of anilines is 1. The number of halogens is 1. The van der Waals surface area contributed by atoms with E-state index in [9.17, 15) is 4.79 Å². The summed E-state index contributed by atoms with van der Waals surface area (Å²) in [7, 11) is 1.58. The smallest absolute Gasteiger partial charge is 0.319 e. The Morgan fingerprint density at radius 1 is 1.16 bits per heavy atom. The van der Waals surface area contributed by atoms with Crippen molar-refractivity contribution in [3.8, 4) is 11.5 Å². The fourth-order valence-corrected chi connectivity index (χ4v) is 2.56. The van der Waals surface area contributed by atoms with Crippen molar-refractivity contribution < 1.29 is 14.3 Å². The molecule has 0 aliphatic heterocycles. The highest BCUT2D eigenvalue weighted by molar-refractivity contribution is 6.17. The highest BCUT2D eigenvalue weighted by Crippen LogP contribution is 2.30. The number of nitrogens with one attached hydrogen (secondary N) is 2. The van der Waals surface area contributed by atoms with Gasteiger partial charge in [0.25, 0.3) is 0 Å². The number of carbonyl (C=O) groups is 1. The molecule has 2 aromatic carbocycles. The molecule has 0 fully saturated rings. The Morgan fingerprint density at radius 3 is 2.60 bits per heavy atom. The molecule has 2 aromatic rings. The maximum atomic E-state index is 12.0. The number of rotatable bonds is 8. The van der Waals surface area contributed by atoms with Crippen molar-refractivity contribution >= 4 is 23.3 Å². The summed E-state index contributed by atoms with van der Waals surface area (Å²) in [5.41, 5.74) is 1.68. The molecule has 0 aliphatic rings. The number of alkyl halides is 1. The fraction of sp³-hybridized carbons (Fsp3) is 0.316. The van der Waals surface area contributed by atoms with Crippen LogP contribution in [0, 0.1) is 0 Å². The molecule has 1 atom stereocenters. The van der Waals surface area contributed by atoms with Crippen LogP contribution in [0.4, 0.5) is 10.5 Å². The van der Waals surface area contributed by atoms with Gasteiger partial charge in [-0.05, 0) is 31.0 Å². The number of hydrogen-bond acceptors (Lipinski definition) is 3. The third-order valence-electron chi connectivity index (χ3n) is 3.58. The van der Waals surface area contributed by atoms with Crippen LogP contribution in [0.2, 0.25) is 0 Å². The van der Waals surface area contributed by atoms with Gasteiger partial charge < -0.3 is 20.1 Å². The average molecular weight is 363 g/mol. The Hall–Kier alpha value is -2.40. The van der Waals surface area contributed by atoms with E-state index in [0.717, 1.165) is 5.56 Å². The molecule has 6 heteroatoms. The first kappa shape index (κ1) is 18.9. The van der Waals surface area contributed by atoms with E-state index >= 15 is 0 Å². The molecule has 0 spiro atoms. The lowest BCUT2D eigenvalue weighted by Crippen LogP contribution is -2.36. The zero-order chi connectivity index (χ0) is 18.1. The molecule has 25 heavy (non-hydrogen) atoms. The van der Waals surface area contributed by atoms with Crippen LogP contribution in [0.3, 0.4) is 0 Å². The minimum Gasteiger partial charge on any atom is -0.493 e. The molecule has 0 saturated carbocycles. The van der Waals surface area contributed by atoms with Crippen LogP contribution >= 0.6 is 11.6 Å². The molecule has 0 radical (unpaired) electrons. The van der Waals surface area contributed by atoms with Crippen LogP contribution in [0.25, 0.3) is 0 Å². The summed E-state index contributed by atoms with van der Waals surface area (Å²) < 4.78 is 11.2. The van der Waals surface area contributed by atoms with Gasteiger partial charge in [-0.1, -0.05) is 30.3 Å². The van der Waals surface area contributed by atoms with Crippen molar-refractivity contribution in [2.45, 2.75) is 26.0 Å². The molecule has 5 nitrogen and oxygen atoms in total. The first-order valence-electron chi connectivity index (χ1n) is 8.10. The van der Waals surface area contributed by atoms with Gasteiger partial charge in [-0.2, -0.15) is 0 Å². The van der Waals surface area contributed by atoms with Crippen LogP contribution in [-0.4, -0.2) is 25.1 Å². The summed E-state index contributed by atoms with van der Waals surface area (Å²) in [6, 6.07) is 14.8. The van der Waals surface area contributed by atoms with E-state index < -0.39 is 0 Å². The van der Waals surface area contributed by atoms with Gasteiger partial charge in [-0.15, -0.1) is 11.6 Å². The Labute approximate surface area is 153 Å². The van der Waals surface area contributed by atoms with Gasteiger partial charge in [0.15, 0.2) is 11.5 Å². The number of carbonyl (C=O) groups excluding carboxylic acids is 1. The molecule has 0 heterocycles. The van der Waals surface area contributed by atoms with Gasteiger partial charge in [0.2, 0.25) is 0 Å². The standard InChI is InChI=1S/C19H23ClN2O3/c1-14(10-11-20)21-19(23)22-16-8-9-17(24-2)18(12-16)25-13-15-6-4-3-5-7-15/h3-9,12,14H,10-11,13H2,1-2H3,(H2,21,22,23). The average Bonchev–Trinajstić information content (AvgIpc) is 2.61. The molecule has 2 N–H and O–H groups in total. The Morgan fingerprint density at radius 2 is 1.92 bits per heavy atom. The molecule has 134 valence electrons. The maximum Gasteiger partial charge on any atom is 0.319 e. The van der Waals surface area contributed by atoms with E-state index in [4.69, 9.17) is 21.1 Å². The quantitative estimate of drug-likeness (QED) is 0.684. The van der Waals surface area contributed by atoms with Crippen molar-refractivity contribution in [2.75, 3.05) is 18.3 Å². The predicted octanol–water partition coefficient (Wildman–Crippen LogP) is 4.41. The van der Waals surface area contributed by atoms with Crippen LogP contribution < -0.4 is 20.1 Å². The number of benzene rings is 2. The van der Waals surface area contributed by atoms with Crippen molar-refractivity contribution in [3.05, 3.63) is 54.1 Å². The minimum absolute atomic E-state index is 0.00421. The molecule has 0 aromatic heterocycles. The SMILES string of the molecule is COc1ccc(NC(=O)NC(C)CCCl)cc1OCc1ccccc1. The lowest BCUT2D eigenvalue weighted by atomic mass is 10.2. The number of ether oxygens (including phenoxy) is 2. The maximum absolute atomic E-state index is 12.0.